The van der Waals surface area contributed by atoms with Crippen LogP contribution in [0, 0.1) is 31.6 Å². The van der Waals surface area contributed by atoms with E-state index in [1.54, 1.807) is 0 Å². The lowest BCUT2D eigenvalue weighted by atomic mass is 9.87. The van der Waals surface area contributed by atoms with E-state index in [1.165, 1.54) is 0 Å². The van der Waals surface area contributed by atoms with Crippen molar-refractivity contribution in [3.8, 4) is 0 Å². The van der Waals surface area contributed by atoms with Gasteiger partial charge >= 0.3 is 0 Å². The van der Waals surface area contributed by atoms with Crippen molar-refractivity contribution in [2.24, 2.45) is 17.8 Å². The fourth-order valence-electron chi connectivity index (χ4n) is 6.56. The van der Waals surface area contributed by atoms with E-state index in [4.69, 9.17) is 0 Å². The van der Waals surface area contributed by atoms with E-state index >= 15 is 0 Å². The Morgan fingerprint density at radius 1 is 0.892 bits per heavy atom. The van der Waals surface area contributed by atoms with E-state index < -0.39 is 0 Å². The second-order valence-electron chi connectivity index (χ2n) is 11.3. The molecule has 0 spiro atoms. The summed E-state index contributed by atoms with van der Waals surface area (Å²) >= 11 is 0. The summed E-state index contributed by atoms with van der Waals surface area (Å²) in [5, 5.41) is 3.31. The summed E-state index contributed by atoms with van der Waals surface area (Å²) in [5.74, 6) is 1.50. The maximum absolute atomic E-state index is 13.3. The molecule has 1 saturated carbocycles. The number of nitrogens with one attached hydrogen (secondary N) is 1. The van der Waals surface area contributed by atoms with E-state index in [0.717, 1.165) is 61.4 Å². The molecule has 2 heterocycles. The SMILES string of the molecule is Cc1cccc(C)c1C(=O)N1CC2CN(CC[C@H](NC(=O)C3CCC(=O)CC3)c3ccccc3)CC2C1. The lowest BCUT2D eigenvalue weighted by molar-refractivity contribution is -0.129. The number of benzene rings is 2. The van der Waals surface area contributed by atoms with Crippen molar-refractivity contribution < 1.29 is 14.4 Å². The molecule has 0 aromatic heterocycles. The van der Waals surface area contributed by atoms with Crippen LogP contribution in [0.5, 0.6) is 0 Å². The minimum Gasteiger partial charge on any atom is -0.349 e. The molecule has 2 aromatic rings. The summed E-state index contributed by atoms with van der Waals surface area (Å²) in [5.41, 5.74) is 4.10. The number of carbonyl (C=O) groups is 3. The number of carbonyl (C=O) groups excluding carboxylic acids is 3. The van der Waals surface area contributed by atoms with Crippen LogP contribution in [0.15, 0.2) is 48.5 Å². The second-order valence-corrected chi connectivity index (χ2v) is 11.3. The van der Waals surface area contributed by atoms with Crippen LogP contribution in [0.1, 0.15) is 65.2 Å². The van der Waals surface area contributed by atoms with Gasteiger partial charge in [-0.25, -0.2) is 0 Å². The van der Waals surface area contributed by atoms with Gasteiger partial charge in [0.25, 0.3) is 5.91 Å². The molecule has 6 nitrogen and oxygen atoms in total. The van der Waals surface area contributed by atoms with Crippen molar-refractivity contribution in [2.75, 3.05) is 32.7 Å². The number of hydrogen-bond acceptors (Lipinski definition) is 4. The summed E-state index contributed by atoms with van der Waals surface area (Å²) in [6.07, 6.45) is 3.23. The van der Waals surface area contributed by atoms with Gasteiger partial charge in [0.2, 0.25) is 5.91 Å². The van der Waals surface area contributed by atoms with Crippen LogP contribution in [0.4, 0.5) is 0 Å². The molecule has 2 amide bonds. The van der Waals surface area contributed by atoms with Crippen molar-refractivity contribution in [1.82, 2.24) is 15.1 Å². The first-order valence-electron chi connectivity index (χ1n) is 13.8. The van der Waals surface area contributed by atoms with Gasteiger partial charge in [-0.05, 0) is 61.6 Å². The van der Waals surface area contributed by atoms with Crippen molar-refractivity contribution >= 4 is 17.6 Å². The molecule has 2 aromatic carbocycles. The number of aryl methyl sites for hydroxylation is 2. The predicted molar refractivity (Wildman–Crippen MR) is 144 cm³/mol. The highest BCUT2D eigenvalue weighted by molar-refractivity contribution is 5.97. The van der Waals surface area contributed by atoms with Gasteiger partial charge < -0.3 is 15.1 Å². The molecule has 2 saturated heterocycles. The van der Waals surface area contributed by atoms with Crippen molar-refractivity contribution in [3.63, 3.8) is 0 Å². The fourth-order valence-corrected chi connectivity index (χ4v) is 6.56. The Morgan fingerprint density at radius 3 is 2.14 bits per heavy atom. The summed E-state index contributed by atoms with van der Waals surface area (Å²) in [7, 11) is 0. The number of hydrogen-bond donors (Lipinski definition) is 1. The molecule has 2 aliphatic heterocycles. The van der Waals surface area contributed by atoms with E-state index in [0.29, 0.717) is 37.5 Å². The zero-order valence-corrected chi connectivity index (χ0v) is 22.1. The molecule has 1 N–H and O–H groups in total. The Balaban J connectivity index is 1.16. The first-order valence-corrected chi connectivity index (χ1v) is 13.8. The highest BCUT2D eigenvalue weighted by Gasteiger charge is 2.42. The molecular formula is C31H39N3O3. The van der Waals surface area contributed by atoms with Gasteiger partial charge in [-0.1, -0.05) is 48.5 Å². The van der Waals surface area contributed by atoms with Gasteiger partial charge in [-0.3, -0.25) is 14.4 Å². The maximum atomic E-state index is 13.3. The Hall–Kier alpha value is -2.99. The van der Waals surface area contributed by atoms with Gasteiger partial charge in [-0.15, -0.1) is 0 Å². The molecule has 3 aliphatic rings. The standard InChI is InChI=1S/C31H39N3O3/c1-21-7-6-8-22(2)29(21)31(37)34-19-25-17-33(18-26(25)20-34)16-15-28(23-9-4-3-5-10-23)32-30(36)24-11-13-27(35)14-12-24/h3-10,24-26,28H,11-20H2,1-2H3,(H,32,36)/t25?,26?,28-/m0/s1. The zero-order valence-electron chi connectivity index (χ0n) is 22.1. The Kier molecular flexibility index (Phi) is 7.75. The fraction of sp³-hybridized carbons (Fsp3) is 0.516. The smallest absolute Gasteiger partial charge is 0.254 e. The Labute approximate surface area is 220 Å². The molecule has 3 fully saturated rings. The summed E-state index contributed by atoms with van der Waals surface area (Å²) in [4.78, 5) is 42.5. The minimum absolute atomic E-state index is 0.0334. The number of nitrogens with zero attached hydrogens (tertiary/aromatic N) is 2. The largest absolute Gasteiger partial charge is 0.349 e. The number of ketones is 1. The van der Waals surface area contributed by atoms with Gasteiger partial charge in [0, 0.05) is 57.0 Å². The third-order valence-electron chi connectivity index (χ3n) is 8.71. The maximum Gasteiger partial charge on any atom is 0.254 e. The van der Waals surface area contributed by atoms with Crippen molar-refractivity contribution in [3.05, 3.63) is 70.8 Å². The van der Waals surface area contributed by atoms with Crippen LogP contribution < -0.4 is 5.32 Å². The van der Waals surface area contributed by atoms with Crippen LogP contribution >= 0.6 is 0 Å². The van der Waals surface area contributed by atoms with E-state index in [1.807, 2.05) is 50.2 Å². The molecule has 1 aliphatic carbocycles. The number of Topliss-reactive ketones (excluding diaryl/α,β-unsaturated/α-hetero) is 1. The topological polar surface area (TPSA) is 69.7 Å². The molecule has 0 radical (unpaired) electrons. The molecule has 37 heavy (non-hydrogen) atoms. The average Bonchev–Trinajstić information content (AvgIpc) is 3.46. The third-order valence-corrected chi connectivity index (χ3v) is 8.71. The van der Waals surface area contributed by atoms with E-state index in [9.17, 15) is 14.4 Å². The quantitative estimate of drug-likeness (QED) is 0.614. The van der Waals surface area contributed by atoms with Crippen LogP contribution in [0.2, 0.25) is 0 Å². The second kappa shape index (κ2) is 11.2. The first kappa shape index (κ1) is 25.7. The Bertz CT molecular complexity index is 1100. The summed E-state index contributed by atoms with van der Waals surface area (Å²) in [6.45, 7) is 8.62. The van der Waals surface area contributed by atoms with Crippen LogP contribution in [0.3, 0.4) is 0 Å². The third kappa shape index (κ3) is 5.80. The Morgan fingerprint density at radius 2 is 1.51 bits per heavy atom. The number of fused-ring (bicyclic) bond motifs is 1. The highest BCUT2D eigenvalue weighted by atomic mass is 16.2. The zero-order chi connectivity index (χ0) is 25.9. The molecule has 0 bridgehead atoms. The lowest BCUT2D eigenvalue weighted by Gasteiger charge is -2.27. The van der Waals surface area contributed by atoms with Crippen molar-refractivity contribution in [2.45, 2.75) is 52.0 Å². The van der Waals surface area contributed by atoms with Crippen LogP contribution in [-0.2, 0) is 9.59 Å². The monoisotopic (exact) mass is 501 g/mol. The van der Waals surface area contributed by atoms with Crippen molar-refractivity contribution in [1.29, 1.82) is 0 Å². The lowest BCUT2D eigenvalue weighted by Crippen LogP contribution is -2.38. The molecule has 2 unspecified atom stereocenters. The first-order chi connectivity index (χ1) is 17.9. The van der Waals surface area contributed by atoms with Crippen LogP contribution in [-0.4, -0.2) is 60.1 Å². The van der Waals surface area contributed by atoms with E-state index in [2.05, 4.69) is 27.2 Å². The normalized spacial score (nSPS) is 23.2. The molecule has 196 valence electrons. The van der Waals surface area contributed by atoms with Gasteiger partial charge in [0.15, 0.2) is 0 Å². The number of rotatable bonds is 7. The van der Waals surface area contributed by atoms with Gasteiger partial charge in [0.05, 0.1) is 6.04 Å². The molecule has 3 atom stereocenters. The van der Waals surface area contributed by atoms with Gasteiger partial charge in [0.1, 0.15) is 5.78 Å². The highest BCUT2D eigenvalue weighted by Crippen LogP contribution is 2.33. The summed E-state index contributed by atoms with van der Waals surface area (Å²) < 4.78 is 0. The minimum atomic E-state index is -0.0598. The number of likely N-dealkylation sites (tertiary alicyclic amines) is 2. The molecule has 6 heteroatoms. The van der Waals surface area contributed by atoms with Gasteiger partial charge in [-0.2, -0.15) is 0 Å². The number of amides is 2. The molecule has 5 rings (SSSR count). The summed E-state index contributed by atoms with van der Waals surface area (Å²) in [6, 6.07) is 16.3. The predicted octanol–water partition coefficient (Wildman–Crippen LogP) is 4.31. The average molecular weight is 502 g/mol. The molecular weight excluding hydrogens is 462 g/mol. The van der Waals surface area contributed by atoms with E-state index in [-0.39, 0.29) is 29.6 Å². The van der Waals surface area contributed by atoms with Crippen LogP contribution in [0.25, 0.3) is 0 Å².